The smallest absolute Gasteiger partial charge is 0.133 e. The summed E-state index contributed by atoms with van der Waals surface area (Å²) in [5.74, 6) is 0.895. The van der Waals surface area contributed by atoms with E-state index in [2.05, 4.69) is 22.4 Å². The highest BCUT2D eigenvalue weighted by molar-refractivity contribution is 5.91. The molecule has 2 N–H and O–H groups in total. The van der Waals surface area contributed by atoms with Crippen LogP contribution in [0.5, 0.6) is 0 Å². The van der Waals surface area contributed by atoms with Crippen LogP contribution in [0.3, 0.4) is 0 Å². The number of rotatable bonds is 5. The van der Waals surface area contributed by atoms with Crippen molar-refractivity contribution in [3.8, 4) is 0 Å². The van der Waals surface area contributed by atoms with Crippen molar-refractivity contribution in [2.24, 2.45) is 0 Å². The van der Waals surface area contributed by atoms with Crippen LogP contribution in [0.2, 0.25) is 0 Å². The standard InChI is InChI=1S/C14H18N2O/c1-2-12(17)8-10-16-14-13-6-4-3-5-11(13)7-9-15-14/h3-7,9,12,17H,2,8,10H2,1H3,(H,15,16). The van der Waals surface area contributed by atoms with E-state index in [9.17, 15) is 5.11 Å². The summed E-state index contributed by atoms with van der Waals surface area (Å²) in [5.41, 5.74) is 0. The van der Waals surface area contributed by atoms with Gasteiger partial charge in [0.2, 0.25) is 0 Å². The van der Waals surface area contributed by atoms with Crippen LogP contribution in [0.4, 0.5) is 5.82 Å². The highest BCUT2D eigenvalue weighted by atomic mass is 16.3. The average Bonchev–Trinajstić information content (AvgIpc) is 2.39. The quantitative estimate of drug-likeness (QED) is 0.830. The topological polar surface area (TPSA) is 45.1 Å². The molecule has 0 fully saturated rings. The predicted octanol–water partition coefficient (Wildman–Crippen LogP) is 2.81. The van der Waals surface area contributed by atoms with Gasteiger partial charge in [-0.3, -0.25) is 0 Å². The Bertz CT molecular complexity index is 479. The minimum Gasteiger partial charge on any atom is -0.393 e. The highest BCUT2D eigenvalue weighted by Gasteiger charge is 2.03. The number of nitrogens with one attached hydrogen (secondary N) is 1. The summed E-state index contributed by atoms with van der Waals surface area (Å²) >= 11 is 0. The van der Waals surface area contributed by atoms with Crippen molar-refractivity contribution in [3.63, 3.8) is 0 Å². The fraction of sp³-hybridized carbons (Fsp3) is 0.357. The van der Waals surface area contributed by atoms with Crippen LogP contribution < -0.4 is 5.32 Å². The van der Waals surface area contributed by atoms with Crippen molar-refractivity contribution in [2.75, 3.05) is 11.9 Å². The molecule has 3 nitrogen and oxygen atoms in total. The summed E-state index contributed by atoms with van der Waals surface area (Å²) in [6, 6.07) is 10.2. The van der Waals surface area contributed by atoms with E-state index in [1.54, 1.807) is 6.20 Å². The summed E-state index contributed by atoms with van der Waals surface area (Å²) in [7, 11) is 0. The number of nitrogens with zero attached hydrogens (tertiary/aromatic N) is 1. The van der Waals surface area contributed by atoms with Crippen LogP contribution in [0, 0.1) is 0 Å². The van der Waals surface area contributed by atoms with E-state index in [0.29, 0.717) is 0 Å². The highest BCUT2D eigenvalue weighted by Crippen LogP contribution is 2.20. The van der Waals surface area contributed by atoms with E-state index in [0.717, 1.165) is 30.6 Å². The molecule has 90 valence electrons. The average molecular weight is 230 g/mol. The number of anilines is 1. The first-order valence-electron chi connectivity index (χ1n) is 6.07. The molecule has 1 heterocycles. The van der Waals surface area contributed by atoms with Gasteiger partial charge in [0.15, 0.2) is 0 Å². The van der Waals surface area contributed by atoms with Crippen LogP contribution in [0.25, 0.3) is 10.8 Å². The van der Waals surface area contributed by atoms with Gasteiger partial charge in [0.1, 0.15) is 5.82 Å². The minimum absolute atomic E-state index is 0.225. The summed E-state index contributed by atoms with van der Waals surface area (Å²) in [4.78, 5) is 4.34. The Labute approximate surface area is 102 Å². The molecule has 2 aromatic rings. The number of aliphatic hydroxyl groups excluding tert-OH is 1. The number of hydrogen-bond acceptors (Lipinski definition) is 3. The molecule has 1 aromatic heterocycles. The van der Waals surface area contributed by atoms with Crippen molar-refractivity contribution in [3.05, 3.63) is 36.5 Å². The molecule has 1 atom stereocenters. The van der Waals surface area contributed by atoms with E-state index in [1.165, 1.54) is 5.39 Å². The van der Waals surface area contributed by atoms with Gasteiger partial charge in [-0.05, 0) is 24.3 Å². The van der Waals surface area contributed by atoms with Gasteiger partial charge in [0, 0.05) is 18.1 Å². The third-order valence-corrected chi connectivity index (χ3v) is 2.91. The zero-order valence-electron chi connectivity index (χ0n) is 10.1. The van der Waals surface area contributed by atoms with Gasteiger partial charge in [-0.2, -0.15) is 0 Å². The Balaban J connectivity index is 2.08. The van der Waals surface area contributed by atoms with Crippen molar-refractivity contribution < 1.29 is 5.11 Å². The lowest BCUT2D eigenvalue weighted by Gasteiger charge is -2.10. The second-order valence-corrected chi connectivity index (χ2v) is 4.16. The molecule has 0 spiro atoms. The lowest BCUT2D eigenvalue weighted by Crippen LogP contribution is -2.12. The Morgan fingerprint density at radius 3 is 2.94 bits per heavy atom. The molecule has 0 saturated heterocycles. The van der Waals surface area contributed by atoms with Crippen molar-refractivity contribution >= 4 is 16.6 Å². The molecular formula is C14H18N2O. The van der Waals surface area contributed by atoms with Crippen molar-refractivity contribution in [1.29, 1.82) is 0 Å². The third-order valence-electron chi connectivity index (χ3n) is 2.91. The SMILES string of the molecule is CCC(O)CCNc1nccc2ccccc12. The van der Waals surface area contributed by atoms with Crippen molar-refractivity contribution in [2.45, 2.75) is 25.9 Å². The lowest BCUT2D eigenvalue weighted by atomic mass is 10.1. The molecule has 0 aliphatic heterocycles. The van der Waals surface area contributed by atoms with Gasteiger partial charge in [0.05, 0.1) is 6.10 Å². The molecule has 2 rings (SSSR count). The fourth-order valence-corrected chi connectivity index (χ4v) is 1.82. The molecule has 0 aliphatic carbocycles. The van der Waals surface area contributed by atoms with E-state index in [4.69, 9.17) is 0 Å². The maximum Gasteiger partial charge on any atom is 0.133 e. The molecule has 17 heavy (non-hydrogen) atoms. The molecule has 0 amide bonds. The molecular weight excluding hydrogens is 212 g/mol. The second kappa shape index (κ2) is 5.64. The normalized spacial score (nSPS) is 12.6. The Morgan fingerprint density at radius 2 is 2.12 bits per heavy atom. The van der Waals surface area contributed by atoms with Gasteiger partial charge in [-0.1, -0.05) is 31.2 Å². The van der Waals surface area contributed by atoms with Gasteiger partial charge in [-0.25, -0.2) is 4.98 Å². The van der Waals surface area contributed by atoms with Gasteiger partial charge < -0.3 is 10.4 Å². The number of pyridine rings is 1. The van der Waals surface area contributed by atoms with Crippen LogP contribution in [0.15, 0.2) is 36.5 Å². The molecule has 0 aliphatic rings. The molecule has 1 aromatic carbocycles. The minimum atomic E-state index is -0.225. The first kappa shape index (κ1) is 11.9. The predicted molar refractivity (Wildman–Crippen MR) is 71.1 cm³/mol. The Hall–Kier alpha value is -1.61. The summed E-state index contributed by atoms with van der Waals surface area (Å²) in [6.45, 7) is 2.73. The Morgan fingerprint density at radius 1 is 1.29 bits per heavy atom. The van der Waals surface area contributed by atoms with E-state index in [1.807, 2.05) is 25.1 Å². The Kier molecular flexibility index (Phi) is 3.94. The monoisotopic (exact) mass is 230 g/mol. The lowest BCUT2D eigenvalue weighted by molar-refractivity contribution is 0.164. The summed E-state index contributed by atoms with van der Waals surface area (Å²) in [6.07, 6.45) is 3.13. The zero-order valence-corrected chi connectivity index (χ0v) is 10.1. The maximum absolute atomic E-state index is 9.49. The van der Waals surface area contributed by atoms with Crippen molar-refractivity contribution in [1.82, 2.24) is 4.98 Å². The number of aromatic nitrogens is 1. The number of aliphatic hydroxyl groups is 1. The van der Waals surface area contributed by atoms with Crippen LogP contribution in [-0.4, -0.2) is 22.7 Å². The third kappa shape index (κ3) is 2.94. The molecule has 0 radical (unpaired) electrons. The van der Waals surface area contributed by atoms with Crippen LogP contribution in [0.1, 0.15) is 19.8 Å². The summed E-state index contributed by atoms with van der Waals surface area (Å²) < 4.78 is 0. The summed E-state index contributed by atoms with van der Waals surface area (Å²) in [5, 5.41) is 15.1. The fourth-order valence-electron chi connectivity index (χ4n) is 1.82. The van der Waals surface area contributed by atoms with E-state index >= 15 is 0 Å². The number of benzene rings is 1. The first-order valence-corrected chi connectivity index (χ1v) is 6.07. The molecule has 1 unspecified atom stereocenters. The number of hydrogen-bond donors (Lipinski definition) is 2. The van der Waals surface area contributed by atoms with E-state index < -0.39 is 0 Å². The first-order chi connectivity index (χ1) is 8.31. The maximum atomic E-state index is 9.49. The second-order valence-electron chi connectivity index (χ2n) is 4.16. The zero-order chi connectivity index (χ0) is 12.1. The number of fused-ring (bicyclic) bond motifs is 1. The van der Waals surface area contributed by atoms with Crippen LogP contribution in [-0.2, 0) is 0 Å². The van der Waals surface area contributed by atoms with E-state index in [-0.39, 0.29) is 6.10 Å². The van der Waals surface area contributed by atoms with Gasteiger partial charge >= 0.3 is 0 Å². The van der Waals surface area contributed by atoms with Gasteiger partial charge in [-0.15, -0.1) is 0 Å². The largest absolute Gasteiger partial charge is 0.393 e. The van der Waals surface area contributed by atoms with Crippen LogP contribution >= 0.6 is 0 Å². The molecule has 0 bridgehead atoms. The molecule has 3 heteroatoms. The van der Waals surface area contributed by atoms with Gasteiger partial charge in [0.25, 0.3) is 0 Å². The molecule has 0 saturated carbocycles.